The number of aryl methyl sites for hydroxylation is 3. The molecule has 3 rings (SSSR count). The highest BCUT2D eigenvalue weighted by Gasteiger charge is 2.10. The Morgan fingerprint density at radius 2 is 1.79 bits per heavy atom. The highest BCUT2D eigenvalue weighted by Crippen LogP contribution is 2.21. The van der Waals surface area contributed by atoms with Gasteiger partial charge in [0.05, 0.1) is 5.69 Å². The summed E-state index contributed by atoms with van der Waals surface area (Å²) in [5.41, 5.74) is 2.06. The standard InChI is InChI=1S/C16H16N2O/c1-13-15(9-12-18-10-5-6-11-18)17-16(19-13)14-7-3-2-4-8-14/h2-8,10-11H,9,12H2,1H3. The predicted molar refractivity (Wildman–Crippen MR) is 74.8 cm³/mol. The quantitative estimate of drug-likeness (QED) is 0.709. The van der Waals surface area contributed by atoms with Crippen molar-refractivity contribution < 1.29 is 4.42 Å². The van der Waals surface area contributed by atoms with E-state index >= 15 is 0 Å². The van der Waals surface area contributed by atoms with Gasteiger partial charge in [0.1, 0.15) is 5.76 Å². The first-order chi connectivity index (χ1) is 9.33. The molecule has 1 aromatic carbocycles. The highest BCUT2D eigenvalue weighted by molar-refractivity contribution is 5.53. The van der Waals surface area contributed by atoms with E-state index in [9.17, 15) is 0 Å². The van der Waals surface area contributed by atoms with E-state index in [-0.39, 0.29) is 0 Å². The molecule has 0 unspecified atom stereocenters. The van der Waals surface area contributed by atoms with E-state index in [0.29, 0.717) is 5.89 Å². The molecule has 0 amide bonds. The maximum Gasteiger partial charge on any atom is 0.226 e. The SMILES string of the molecule is Cc1oc(-c2ccccc2)nc1CCn1cccc1. The largest absolute Gasteiger partial charge is 0.441 e. The monoisotopic (exact) mass is 252 g/mol. The number of benzene rings is 1. The average Bonchev–Trinajstić information content (AvgIpc) is 3.07. The van der Waals surface area contributed by atoms with E-state index in [1.54, 1.807) is 0 Å². The normalized spacial score (nSPS) is 10.8. The summed E-state index contributed by atoms with van der Waals surface area (Å²) in [6.07, 6.45) is 5.01. The molecule has 0 N–H and O–H groups in total. The zero-order chi connectivity index (χ0) is 13.1. The molecular formula is C16H16N2O. The van der Waals surface area contributed by atoms with Gasteiger partial charge in [-0.05, 0) is 31.2 Å². The molecule has 96 valence electrons. The molecule has 0 atom stereocenters. The number of rotatable bonds is 4. The molecular weight excluding hydrogens is 236 g/mol. The molecule has 2 heterocycles. The van der Waals surface area contributed by atoms with E-state index in [2.05, 4.69) is 21.9 Å². The Balaban J connectivity index is 1.78. The summed E-state index contributed by atoms with van der Waals surface area (Å²) in [5, 5.41) is 0. The Hall–Kier alpha value is -2.29. The number of hydrogen-bond donors (Lipinski definition) is 0. The molecule has 0 saturated heterocycles. The molecule has 0 saturated carbocycles. The van der Waals surface area contributed by atoms with E-state index in [0.717, 1.165) is 30.0 Å². The maximum absolute atomic E-state index is 5.75. The van der Waals surface area contributed by atoms with Gasteiger partial charge in [0.25, 0.3) is 0 Å². The van der Waals surface area contributed by atoms with Gasteiger partial charge in [-0.25, -0.2) is 4.98 Å². The summed E-state index contributed by atoms with van der Waals surface area (Å²) >= 11 is 0. The number of oxazole rings is 1. The Morgan fingerprint density at radius 3 is 2.53 bits per heavy atom. The topological polar surface area (TPSA) is 31.0 Å². The van der Waals surface area contributed by atoms with E-state index in [1.165, 1.54) is 0 Å². The summed E-state index contributed by atoms with van der Waals surface area (Å²) in [5.74, 6) is 1.62. The fourth-order valence-electron chi connectivity index (χ4n) is 2.12. The Morgan fingerprint density at radius 1 is 1.05 bits per heavy atom. The highest BCUT2D eigenvalue weighted by atomic mass is 16.4. The van der Waals surface area contributed by atoms with Crippen LogP contribution in [0.3, 0.4) is 0 Å². The molecule has 3 heteroatoms. The minimum atomic E-state index is 0.709. The summed E-state index contributed by atoms with van der Waals surface area (Å²) in [7, 11) is 0. The van der Waals surface area contributed by atoms with Crippen molar-refractivity contribution in [2.45, 2.75) is 19.9 Å². The van der Waals surface area contributed by atoms with Crippen LogP contribution in [0.4, 0.5) is 0 Å². The first-order valence-corrected chi connectivity index (χ1v) is 6.45. The smallest absolute Gasteiger partial charge is 0.226 e. The lowest BCUT2D eigenvalue weighted by atomic mass is 10.2. The molecule has 0 spiro atoms. The summed E-state index contributed by atoms with van der Waals surface area (Å²) < 4.78 is 7.90. The molecule has 2 aromatic heterocycles. The van der Waals surface area contributed by atoms with Gasteiger partial charge in [-0.15, -0.1) is 0 Å². The molecule has 0 bridgehead atoms. The molecule has 3 nitrogen and oxygen atoms in total. The first-order valence-electron chi connectivity index (χ1n) is 6.45. The lowest BCUT2D eigenvalue weighted by Gasteiger charge is -1.99. The second-order valence-corrected chi connectivity index (χ2v) is 4.56. The van der Waals surface area contributed by atoms with Crippen molar-refractivity contribution in [3.63, 3.8) is 0 Å². The van der Waals surface area contributed by atoms with E-state index < -0.39 is 0 Å². The van der Waals surface area contributed by atoms with Crippen molar-refractivity contribution in [2.24, 2.45) is 0 Å². The van der Waals surface area contributed by atoms with Gasteiger partial charge in [0.15, 0.2) is 0 Å². The molecule has 0 radical (unpaired) electrons. The Kier molecular flexibility index (Phi) is 3.19. The Labute approximate surface area is 112 Å². The predicted octanol–water partition coefficient (Wildman–Crippen LogP) is 3.69. The number of nitrogens with zero attached hydrogens (tertiary/aromatic N) is 2. The van der Waals surface area contributed by atoms with Gasteiger partial charge in [0, 0.05) is 30.9 Å². The summed E-state index contributed by atoms with van der Waals surface area (Å²) in [4.78, 5) is 4.60. The van der Waals surface area contributed by atoms with Crippen LogP contribution in [0.25, 0.3) is 11.5 Å². The fraction of sp³-hybridized carbons (Fsp3) is 0.188. The van der Waals surface area contributed by atoms with Gasteiger partial charge < -0.3 is 8.98 Å². The molecule has 3 aromatic rings. The molecule has 0 fully saturated rings. The first kappa shape index (κ1) is 11.8. The van der Waals surface area contributed by atoms with Crippen molar-refractivity contribution in [1.82, 2.24) is 9.55 Å². The van der Waals surface area contributed by atoms with Gasteiger partial charge >= 0.3 is 0 Å². The minimum Gasteiger partial charge on any atom is -0.441 e. The van der Waals surface area contributed by atoms with Crippen molar-refractivity contribution >= 4 is 0 Å². The van der Waals surface area contributed by atoms with Crippen LogP contribution in [0.2, 0.25) is 0 Å². The van der Waals surface area contributed by atoms with Crippen molar-refractivity contribution in [1.29, 1.82) is 0 Å². The molecule has 0 aliphatic rings. The zero-order valence-electron chi connectivity index (χ0n) is 10.9. The van der Waals surface area contributed by atoms with Crippen molar-refractivity contribution in [3.8, 4) is 11.5 Å². The molecule has 19 heavy (non-hydrogen) atoms. The van der Waals surface area contributed by atoms with Crippen LogP contribution < -0.4 is 0 Å². The maximum atomic E-state index is 5.75. The summed E-state index contributed by atoms with van der Waals surface area (Å²) in [6, 6.07) is 14.1. The average molecular weight is 252 g/mol. The van der Waals surface area contributed by atoms with Gasteiger partial charge in [-0.3, -0.25) is 0 Å². The van der Waals surface area contributed by atoms with Gasteiger partial charge in [-0.2, -0.15) is 0 Å². The van der Waals surface area contributed by atoms with Crippen LogP contribution in [-0.2, 0) is 13.0 Å². The lowest BCUT2D eigenvalue weighted by Crippen LogP contribution is -1.99. The van der Waals surface area contributed by atoms with Crippen LogP contribution in [0.15, 0.2) is 59.3 Å². The van der Waals surface area contributed by atoms with Gasteiger partial charge in [-0.1, -0.05) is 18.2 Å². The third-order valence-corrected chi connectivity index (χ3v) is 3.19. The fourth-order valence-corrected chi connectivity index (χ4v) is 2.12. The third-order valence-electron chi connectivity index (χ3n) is 3.19. The van der Waals surface area contributed by atoms with Crippen LogP contribution in [0.5, 0.6) is 0 Å². The minimum absolute atomic E-state index is 0.709. The van der Waals surface area contributed by atoms with Crippen LogP contribution in [-0.4, -0.2) is 9.55 Å². The third kappa shape index (κ3) is 2.60. The van der Waals surface area contributed by atoms with Crippen molar-refractivity contribution in [3.05, 3.63) is 66.3 Å². The summed E-state index contributed by atoms with van der Waals surface area (Å²) in [6.45, 7) is 2.90. The van der Waals surface area contributed by atoms with Crippen LogP contribution in [0, 0.1) is 6.92 Å². The second-order valence-electron chi connectivity index (χ2n) is 4.56. The second kappa shape index (κ2) is 5.14. The van der Waals surface area contributed by atoms with Crippen molar-refractivity contribution in [2.75, 3.05) is 0 Å². The zero-order valence-corrected chi connectivity index (χ0v) is 10.9. The molecule has 0 aliphatic carbocycles. The van der Waals surface area contributed by atoms with Gasteiger partial charge in [0.2, 0.25) is 5.89 Å². The van der Waals surface area contributed by atoms with Crippen LogP contribution >= 0.6 is 0 Å². The van der Waals surface area contributed by atoms with E-state index in [1.807, 2.05) is 49.4 Å². The number of aromatic nitrogens is 2. The van der Waals surface area contributed by atoms with E-state index in [4.69, 9.17) is 4.42 Å². The number of hydrogen-bond acceptors (Lipinski definition) is 2. The van der Waals surface area contributed by atoms with Crippen LogP contribution in [0.1, 0.15) is 11.5 Å². The molecule has 0 aliphatic heterocycles. The Bertz CT molecular complexity index is 639. The lowest BCUT2D eigenvalue weighted by molar-refractivity contribution is 0.537.